The van der Waals surface area contributed by atoms with Crippen molar-refractivity contribution in [3.63, 3.8) is 0 Å². The summed E-state index contributed by atoms with van der Waals surface area (Å²) in [7, 11) is -3.20. The summed E-state index contributed by atoms with van der Waals surface area (Å²) in [6, 6.07) is 5.82. The number of nitrogens with zero attached hydrogens (tertiary/aromatic N) is 3. The number of halogens is 5. The molecule has 3 atom stereocenters. The van der Waals surface area contributed by atoms with E-state index in [1.54, 1.807) is 26.8 Å². The Hall–Kier alpha value is -3.55. The zero-order chi connectivity index (χ0) is 32.9. The van der Waals surface area contributed by atoms with E-state index in [4.69, 9.17) is 5.73 Å². The van der Waals surface area contributed by atoms with Crippen molar-refractivity contribution in [3.8, 4) is 0 Å². The first kappa shape index (κ1) is 34.9. The van der Waals surface area contributed by atoms with Gasteiger partial charge in [0, 0.05) is 24.7 Å². The van der Waals surface area contributed by atoms with Gasteiger partial charge in [0.15, 0.2) is 0 Å². The lowest BCUT2D eigenvalue weighted by Crippen LogP contribution is -2.65. The standard InChI is InChI=1S/C30H38F5N5O3S/c1-5-8-15-28(16-13-20(6-2)14-17-30(33,34)35)29(7-3,39-27(36)40(4)44(28,42)43)23-18-22(10-11-24(23)32)38-26(41)25-12-9-21(31)19-37-25/h8-12,15,18-20H,5-7,13-14,16-17H2,1-4H3,(H2,36,39)(H,38,41). The van der Waals surface area contributed by atoms with Crippen LogP contribution < -0.4 is 11.1 Å². The van der Waals surface area contributed by atoms with E-state index < -0.39 is 56.4 Å². The van der Waals surface area contributed by atoms with Crippen LogP contribution in [-0.2, 0) is 15.6 Å². The second-order valence-electron chi connectivity index (χ2n) is 10.8. The molecule has 1 amide bonds. The Balaban J connectivity index is 2.22. The van der Waals surface area contributed by atoms with E-state index in [2.05, 4.69) is 15.3 Å². The van der Waals surface area contributed by atoms with Gasteiger partial charge in [-0.1, -0.05) is 39.3 Å². The third-order valence-corrected chi connectivity index (χ3v) is 10.8. The average molecular weight is 644 g/mol. The number of rotatable bonds is 12. The van der Waals surface area contributed by atoms with Crippen LogP contribution in [0.3, 0.4) is 0 Å². The topological polar surface area (TPSA) is 118 Å². The molecule has 14 heteroatoms. The van der Waals surface area contributed by atoms with Crippen LogP contribution in [0.5, 0.6) is 0 Å². The maximum Gasteiger partial charge on any atom is 0.389 e. The van der Waals surface area contributed by atoms with E-state index in [0.717, 1.165) is 22.6 Å². The predicted molar refractivity (Wildman–Crippen MR) is 159 cm³/mol. The van der Waals surface area contributed by atoms with Crippen LogP contribution in [0.4, 0.5) is 27.6 Å². The largest absolute Gasteiger partial charge is 0.389 e. The number of anilines is 1. The smallest absolute Gasteiger partial charge is 0.369 e. The Kier molecular flexibility index (Phi) is 10.8. The van der Waals surface area contributed by atoms with Gasteiger partial charge in [0.05, 0.1) is 6.20 Å². The van der Waals surface area contributed by atoms with E-state index in [-0.39, 0.29) is 48.6 Å². The normalized spacial score (nSPS) is 22.6. The molecule has 1 aliphatic heterocycles. The predicted octanol–water partition coefficient (Wildman–Crippen LogP) is 6.66. The van der Waals surface area contributed by atoms with Gasteiger partial charge in [-0.25, -0.2) is 31.5 Å². The Bertz CT molecular complexity index is 1500. The van der Waals surface area contributed by atoms with Crippen molar-refractivity contribution in [2.75, 3.05) is 12.4 Å². The number of nitrogens with one attached hydrogen (secondary N) is 1. The lowest BCUT2D eigenvalue weighted by molar-refractivity contribution is -0.137. The number of benzene rings is 1. The number of allylic oxidation sites excluding steroid dienone is 1. The molecule has 0 spiro atoms. The molecule has 3 rings (SSSR count). The third-order valence-electron chi connectivity index (χ3n) is 8.25. The Morgan fingerprint density at radius 3 is 2.41 bits per heavy atom. The quantitative estimate of drug-likeness (QED) is 0.198. The molecule has 0 bridgehead atoms. The van der Waals surface area contributed by atoms with Gasteiger partial charge < -0.3 is 11.1 Å². The van der Waals surface area contributed by atoms with Crippen LogP contribution in [0.15, 0.2) is 53.7 Å². The summed E-state index contributed by atoms with van der Waals surface area (Å²) in [5.41, 5.74) is 4.07. The lowest BCUT2D eigenvalue weighted by atomic mass is 9.71. The molecule has 3 unspecified atom stereocenters. The second-order valence-corrected chi connectivity index (χ2v) is 13.1. The molecule has 0 aliphatic carbocycles. The van der Waals surface area contributed by atoms with Crippen LogP contribution in [-0.4, -0.2) is 47.5 Å². The first-order valence-electron chi connectivity index (χ1n) is 14.4. The lowest BCUT2D eigenvalue weighted by Gasteiger charge is -2.51. The molecule has 1 aromatic heterocycles. The molecule has 3 N–H and O–H groups in total. The molecule has 8 nitrogen and oxygen atoms in total. The third kappa shape index (κ3) is 6.89. The van der Waals surface area contributed by atoms with Crippen molar-refractivity contribution in [3.05, 3.63) is 71.6 Å². The minimum absolute atomic E-state index is 0.0675. The number of aromatic nitrogens is 1. The zero-order valence-electron chi connectivity index (χ0n) is 25.1. The summed E-state index contributed by atoms with van der Waals surface area (Å²) in [6.45, 7) is 5.15. The number of hydrogen-bond acceptors (Lipinski definition) is 6. The van der Waals surface area contributed by atoms with Gasteiger partial charge in [-0.15, -0.1) is 0 Å². The van der Waals surface area contributed by atoms with E-state index in [1.807, 2.05) is 0 Å². The molecule has 242 valence electrons. The number of amides is 1. The van der Waals surface area contributed by atoms with Crippen molar-refractivity contribution in [1.82, 2.24) is 9.29 Å². The van der Waals surface area contributed by atoms with Gasteiger partial charge in [-0.05, 0) is 68.4 Å². The second kappa shape index (κ2) is 13.6. The minimum atomic E-state index is -4.43. The summed E-state index contributed by atoms with van der Waals surface area (Å²) >= 11 is 0. The minimum Gasteiger partial charge on any atom is -0.369 e. The number of alkyl halides is 3. The van der Waals surface area contributed by atoms with Gasteiger partial charge >= 0.3 is 6.18 Å². The number of sulfonamides is 1. The molecule has 44 heavy (non-hydrogen) atoms. The van der Waals surface area contributed by atoms with Crippen molar-refractivity contribution < 1.29 is 35.2 Å². The fourth-order valence-corrected chi connectivity index (χ4v) is 7.86. The number of nitrogens with two attached hydrogens (primary N) is 1. The highest BCUT2D eigenvalue weighted by Gasteiger charge is 2.63. The number of carbonyl (C=O) groups excluding carboxylic acids is 1. The molecule has 2 heterocycles. The zero-order valence-corrected chi connectivity index (χ0v) is 25.9. The highest BCUT2D eigenvalue weighted by molar-refractivity contribution is 7.91. The highest BCUT2D eigenvalue weighted by Crippen LogP contribution is 2.53. The van der Waals surface area contributed by atoms with Crippen LogP contribution in [0, 0.1) is 17.6 Å². The fourth-order valence-electron chi connectivity index (χ4n) is 5.71. The van der Waals surface area contributed by atoms with Crippen LogP contribution in [0.1, 0.15) is 81.8 Å². The van der Waals surface area contributed by atoms with E-state index >= 15 is 4.39 Å². The fraction of sp³-hybridized carbons (Fsp3) is 0.500. The van der Waals surface area contributed by atoms with Crippen molar-refractivity contribution in [1.29, 1.82) is 0 Å². The van der Waals surface area contributed by atoms with Gasteiger partial charge in [0.2, 0.25) is 16.0 Å². The number of pyridine rings is 1. The molecule has 0 saturated heterocycles. The van der Waals surface area contributed by atoms with Gasteiger partial charge in [0.25, 0.3) is 5.91 Å². The van der Waals surface area contributed by atoms with Crippen molar-refractivity contribution in [2.24, 2.45) is 16.6 Å². The van der Waals surface area contributed by atoms with Gasteiger partial charge in [-0.3, -0.25) is 4.79 Å². The molecular weight excluding hydrogens is 605 g/mol. The SMILES string of the molecule is CCC=CC1(CCC(CC)CCC(F)(F)F)C(CC)(c2cc(NC(=O)c3ccc(F)cn3)ccc2F)N=C(N)N(C)S1(=O)=O. The molecule has 0 fully saturated rings. The summed E-state index contributed by atoms with van der Waals surface area (Å²) in [4.78, 5) is 21.2. The monoisotopic (exact) mass is 643 g/mol. The molecular formula is C30H38F5N5O3S. The summed E-state index contributed by atoms with van der Waals surface area (Å²) in [6.07, 6.45) is -1.01. The first-order chi connectivity index (χ1) is 20.6. The number of guanidine groups is 1. The maximum absolute atomic E-state index is 15.9. The summed E-state index contributed by atoms with van der Waals surface area (Å²) < 4.78 is 96.1. The van der Waals surface area contributed by atoms with E-state index in [9.17, 15) is 30.8 Å². The Labute approximate surface area is 254 Å². The summed E-state index contributed by atoms with van der Waals surface area (Å²) in [5.74, 6) is -3.05. The number of aliphatic imine (C=N–C) groups is 1. The first-order valence-corrected chi connectivity index (χ1v) is 15.8. The average Bonchev–Trinajstić information content (AvgIpc) is 2.97. The van der Waals surface area contributed by atoms with Crippen LogP contribution in [0.25, 0.3) is 0 Å². The summed E-state index contributed by atoms with van der Waals surface area (Å²) in [5, 5.41) is 2.57. The molecule has 0 radical (unpaired) electrons. The number of carbonyl (C=O) groups is 1. The van der Waals surface area contributed by atoms with Gasteiger partial charge in [0.1, 0.15) is 27.6 Å². The Morgan fingerprint density at radius 1 is 1.14 bits per heavy atom. The number of hydrogen-bond donors (Lipinski definition) is 2. The molecule has 1 aliphatic rings. The van der Waals surface area contributed by atoms with E-state index in [0.29, 0.717) is 12.8 Å². The van der Waals surface area contributed by atoms with Crippen molar-refractivity contribution >= 4 is 27.6 Å². The highest BCUT2D eigenvalue weighted by atomic mass is 32.2. The Morgan fingerprint density at radius 2 is 1.84 bits per heavy atom. The van der Waals surface area contributed by atoms with E-state index in [1.165, 1.54) is 31.3 Å². The van der Waals surface area contributed by atoms with Crippen molar-refractivity contribution in [2.45, 2.75) is 82.2 Å². The van der Waals surface area contributed by atoms with Crippen LogP contribution >= 0.6 is 0 Å². The molecule has 0 saturated carbocycles. The maximum atomic E-state index is 15.9. The molecule has 1 aromatic carbocycles. The van der Waals surface area contributed by atoms with Crippen LogP contribution in [0.2, 0.25) is 0 Å². The molecule has 2 aromatic rings. The van der Waals surface area contributed by atoms with Gasteiger partial charge in [-0.2, -0.15) is 13.2 Å².